The highest BCUT2D eigenvalue weighted by molar-refractivity contribution is 6.56. The summed E-state index contributed by atoms with van der Waals surface area (Å²) in [6.45, 7) is 0. The Kier molecular flexibility index (Phi) is 6.13. The van der Waals surface area contributed by atoms with Crippen LogP contribution < -0.4 is 10.5 Å². The molecule has 2 aromatic heterocycles. The molecule has 1 N–H and O–H groups in total. The van der Waals surface area contributed by atoms with Crippen molar-refractivity contribution in [2.24, 2.45) is 0 Å². The van der Waals surface area contributed by atoms with Gasteiger partial charge >= 0.3 is 0 Å². The van der Waals surface area contributed by atoms with Gasteiger partial charge in [-0.2, -0.15) is 5.10 Å². The number of anilines is 1. The first-order chi connectivity index (χ1) is 15.2. The summed E-state index contributed by atoms with van der Waals surface area (Å²) >= 11 is 0. The van der Waals surface area contributed by atoms with Gasteiger partial charge in [0.05, 0.1) is 11.9 Å². The number of hydrogen-bond acceptors (Lipinski definition) is 6. The molecule has 0 bridgehead atoms. The van der Waals surface area contributed by atoms with Gasteiger partial charge in [0, 0.05) is 30.3 Å². The molecule has 2 heterocycles. The van der Waals surface area contributed by atoms with Gasteiger partial charge in [-0.25, -0.2) is 4.68 Å². The Bertz CT molecular complexity index is 1160. The van der Waals surface area contributed by atoms with Gasteiger partial charge in [-0.15, -0.1) is 10.2 Å². The Morgan fingerprint density at radius 1 is 1.03 bits per heavy atom. The maximum atomic E-state index is 12.5. The monoisotopic (exact) mass is 427 g/mol. The lowest BCUT2D eigenvalue weighted by molar-refractivity contribution is 0.425. The van der Waals surface area contributed by atoms with Gasteiger partial charge in [0.25, 0.3) is 5.56 Å². The van der Waals surface area contributed by atoms with E-state index in [2.05, 4.69) is 27.2 Å². The molecule has 162 valence electrons. The number of nitrogens with zero attached hydrogens (tertiary/aromatic N) is 5. The molecule has 4 rings (SSSR count). The van der Waals surface area contributed by atoms with E-state index in [1.54, 1.807) is 24.4 Å². The molecule has 0 radical (unpaired) electrons. The number of rotatable bonds is 5. The van der Waals surface area contributed by atoms with Gasteiger partial charge in [0.15, 0.2) is 5.82 Å². The van der Waals surface area contributed by atoms with Crippen molar-refractivity contribution in [3.63, 3.8) is 0 Å². The Balaban J connectivity index is 1.56. The Hall–Kier alpha value is -3.03. The predicted octanol–water partition coefficient (Wildman–Crippen LogP) is 0.309. The van der Waals surface area contributed by atoms with Crippen LogP contribution in [-0.2, 0) is 5.24 Å². The molecule has 3 aromatic rings. The summed E-state index contributed by atoms with van der Waals surface area (Å²) in [5.41, 5.74) is 2.41. The topological polar surface area (TPSA) is 84.1 Å². The van der Waals surface area contributed by atoms with E-state index >= 15 is 0 Å². The van der Waals surface area contributed by atoms with Crippen LogP contribution >= 0.6 is 0 Å². The second-order valence-corrected chi connectivity index (χ2v) is 9.58. The van der Waals surface area contributed by atoms with Crippen molar-refractivity contribution in [3.8, 4) is 28.1 Å². The third-order valence-corrected chi connectivity index (χ3v) is 6.18. The van der Waals surface area contributed by atoms with E-state index in [9.17, 15) is 9.90 Å². The minimum absolute atomic E-state index is 0.0881. The van der Waals surface area contributed by atoms with Crippen molar-refractivity contribution in [2.45, 2.75) is 43.4 Å². The maximum absolute atomic E-state index is 12.5. The standard InChI is InChI=1S/C22H28B3N5O2/c1-29(16-5-3-2-4-6-16)20-10-9-18(27-28-20)17-8-7-14(11-19(17)31)15-12-21(32)30(26-13-15)22(23,24)25/h7-13,16,31H,2-6,23-25H2,1H3. The summed E-state index contributed by atoms with van der Waals surface area (Å²) in [5, 5.41) is 23.3. The van der Waals surface area contributed by atoms with Crippen LogP contribution in [0.4, 0.5) is 5.82 Å². The first-order valence-electron chi connectivity index (χ1n) is 11.2. The zero-order valence-electron chi connectivity index (χ0n) is 19.2. The summed E-state index contributed by atoms with van der Waals surface area (Å²) in [4.78, 5) is 14.7. The van der Waals surface area contributed by atoms with Crippen LogP contribution in [0.2, 0.25) is 0 Å². The molecular formula is C22H28B3N5O2. The van der Waals surface area contributed by atoms with Gasteiger partial charge < -0.3 is 10.0 Å². The van der Waals surface area contributed by atoms with E-state index < -0.39 is 5.24 Å². The number of hydrogen-bond donors (Lipinski definition) is 1. The second-order valence-electron chi connectivity index (χ2n) is 9.58. The Labute approximate surface area is 191 Å². The number of phenolic OH excluding ortho intramolecular Hbond substituents is 1. The average molecular weight is 427 g/mol. The molecule has 1 aliphatic rings. The predicted molar refractivity (Wildman–Crippen MR) is 136 cm³/mol. The van der Waals surface area contributed by atoms with Crippen LogP contribution in [0.15, 0.2) is 47.4 Å². The van der Waals surface area contributed by atoms with Crippen molar-refractivity contribution >= 4 is 29.4 Å². The highest BCUT2D eigenvalue weighted by Gasteiger charge is 2.20. The van der Waals surface area contributed by atoms with Crippen LogP contribution in [0.5, 0.6) is 5.75 Å². The van der Waals surface area contributed by atoms with E-state index in [-0.39, 0.29) is 11.3 Å². The molecule has 32 heavy (non-hydrogen) atoms. The van der Waals surface area contributed by atoms with Crippen molar-refractivity contribution < 1.29 is 5.11 Å². The normalized spacial score (nSPS) is 14.9. The quantitative estimate of drug-likeness (QED) is 0.591. The van der Waals surface area contributed by atoms with Crippen LogP contribution in [0, 0.1) is 0 Å². The molecule has 10 heteroatoms. The third-order valence-electron chi connectivity index (χ3n) is 6.18. The molecule has 0 atom stereocenters. The molecule has 0 aliphatic heterocycles. The average Bonchev–Trinajstić information content (AvgIpc) is 2.78. The fourth-order valence-electron chi connectivity index (χ4n) is 4.31. The summed E-state index contributed by atoms with van der Waals surface area (Å²) in [6.07, 6.45) is 7.88. The minimum atomic E-state index is -0.391. The molecule has 0 saturated heterocycles. The smallest absolute Gasteiger partial charge is 0.265 e. The van der Waals surface area contributed by atoms with Crippen LogP contribution in [0.1, 0.15) is 32.1 Å². The third kappa shape index (κ3) is 4.59. The summed E-state index contributed by atoms with van der Waals surface area (Å²) < 4.78 is 1.45. The fraction of sp³-hybridized carbons (Fsp3) is 0.364. The Morgan fingerprint density at radius 3 is 2.38 bits per heavy atom. The van der Waals surface area contributed by atoms with Gasteiger partial charge in [0.1, 0.15) is 29.3 Å². The molecule has 7 nitrogen and oxygen atoms in total. The molecule has 1 saturated carbocycles. The first kappa shape index (κ1) is 22.2. The molecule has 1 aromatic carbocycles. The zero-order valence-corrected chi connectivity index (χ0v) is 19.2. The minimum Gasteiger partial charge on any atom is -0.507 e. The van der Waals surface area contributed by atoms with Gasteiger partial charge in [-0.3, -0.25) is 4.79 Å². The number of aromatic hydroxyl groups is 1. The van der Waals surface area contributed by atoms with E-state index in [1.807, 2.05) is 41.7 Å². The second kappa shape index (κ2) is 8.84. The van der Waals surface area contributed by atoms with E-state index in [0.717, 1.165) is 11.4 Å². The van der Waals surface area contributed by atoms with Crippen molar-refractivity contribution in [1.29, 1.82) is 0 Å². The van der Waals surface area contributed by atoms with E-state index in [0.29, 0.717) is 22.9 Å². The molecule has 0 amide bonds. The van der Waals surface area contributed by atoms with Gasteiger partial charge in [0.2, 0.25) is 0 Å². The summed E-state index contributed by atoms with van der Waals surface area (Å²) in [5.74, 6) is 0.937. The zero-order chi connectivity index (χ0) is 22.9. The number of benzene rings is 1. The van der Waals surface area contributed by atoms with Gasteiger partial charge in [-0.1, -0.05) is 25.3 Å². The highest BCUT2D eigenvalue weighted by Crippen LogP contribution is 2.32. The number of phenols is 1. The highest BCUT2D eigenvalue weighted by atomic mass is 16.3. The van der Waals surface area contributed by atoms with Crippen molar-refractivity contribution in [3.05, 3.63) is 52.9 Å². The lowest BCUT2D eigenvalue weighted by atomic mass is 9.49. The lowest BCUT2D eigenvalue weighted by Gasteiger charge is -2.31. The van der Waals surface area contributed by atoms with Crippen LogP contribution in [-0.4, -0.2) is 61.7 Å². The van der Waals surface area contributed by atoms with Crippen LogP contribution in [0.25, 0.3) is 22.4 Å². The fourth-order valence-corrected chi connectivity index (χ4v) is 4.31. The molecule has 1 fully saturated rings. The molecule has 0 spiro atoms. The van der Waals surface area contributed by atoms with Crippen LogP contribution in [0.3, 0.4) is 0 Å². The molecule has 1 aliphatic carbocycles. The van der Waals surface area contributed by atoms with Crippen molar-refractivity contribution in [1.82, 2.24) is 20.0 Å². The number of aromatic nitrogens is 4. The molecular weight excluding hydrogens is 399 g/mol. The van der Waals surface area contributed by atoms with Crippen molar-refractivity contribution in [2.75, 3.05) is 11.9 Å². The first-order valence-corrected chi connectivity index (χ1v) is 11.2. The SMILES string of the molecule is BC(B)(B)n1ncc(-c2ccc(-c3ccc(N(C)C4CCCCC4)nn3)c(O)c2)cc1=O. The van der Waals surface area contributed by atoms with E-state index in [1.165, 1.54) is 36.8 Å². The largest absolute Gasteiger partial charge is 0.507 e. The summed E-state index contributed by atoms with van der Waals surface area (Å²) in [7, 11) is 7.87. The van der Waals surface area contributed by atoms with Gasteiger partial charge in [-0.05, 0) is 47.9 Å². The maximum Gasteiger partial charge on any atom is 0.265 e. The van der Waals surface area contributed by atoms with E-state index in [4.69, 9.17) is 0 Å². The Morgan fingerprint density at radius 2 is 1.78 bits per heavy atom. The lowest BCUT2D eigenvalue weighted by Crippen LogP contribution is -2.44. The summed E-state index contributed by atoms with van der Waals surface area (Å²) in [6, 6.07) is 11.2. The molecule has 0 unspecified atom stereocenters.